The van der Waals surface area contributed by atoms with Crippen LogP contribution < -0.4 is 0 Å². The van der Waals surface area contributed by atoms with Crippen LogP contribution in [0.4, 0.5) is 0 Å². The second kappa shape index (κ2) is 12.3. The van der Waals surface area contributed by atoms with Crippen molar-refractivity contribution in [3.8, 4) is 61.3 Å². The maximum Gasteiger partial charge on any atom is 0.0544 e. The molecule has 1 nitrogen and oxygen atoms in total. The van der Waals surface area contributed by atoms with Crippen LogP contribution >= 0.6 is 0 Å². The average Bonchev–Trinajstić information content (AvgIpc) is 3.66. The summed E-state index contributed by atoms with van der Waals surface area (Å²) in [7, 11) is 0. The molecule has 0 saturated carbocycles. The predicted molar refractivity (Wildman–Crippen MR) is 230 cm³/mol. The molecule has 8 aromatic carbocycles. The largest absolute Gasteiger partial charge is 0.309 e. The van der Waals surface area contributed by atoms with Crippen LogP contribution in [0.1, 0.15) is 36.1 Å². The van der Waals surface area contributed by atoms with Gasteiger partial charge in [-0.1, -0.05) is 135 Å². The normalized spacial score (nSPS) is 13.0. The first-order chi connectivity index (χ1) is 26.3. The molecule has 1 aliphatic carbocycles. The summed E-state index contributed by atoms with van der Waals surface area (Å²) in [5.41, 5.74) is 21.4. The average molecular weight is 692 g/mol. The minimum absolute atomic E-state index is 0.0738. The van der Waals surface area contributed by atoms with Crippen LogP contribution in [-0.4, -0.2) is 4.57 Å². The number of aryl methyl sites for hydroxylation is 2. The maximum atomic E-state index is 2.49. The van der Waals surface area contributed by atoms with Gasteiger partial charge in [0.25, 0.3) is 0 Å². The van der Waals surface area contributed by atoms with E-state index >= 15 is 0 Å². The molecule has 0 radical (unpaired) electrons. The van der Waals surface area contributed by atoms with Crippen LogP contribution in [0.3, 0.4) is 0 Å². The molecule has 0 atom stereocenters. The first-order valence-corrected chi connectivity index (χ1v) is 19.0. The fourth-order valence-corrected chi connectivity index (χ4v) is 8.96. The minimum Gasteiger partial charge on any atom is -0.309 e. The van der Waals surface area contributed by atoms with Crippen molar-refractivity contribution in [3.05, 3.63) is 198 Å². The molecule has 258 valence electrons. The first kappa shape index (κ1) is 32.2. The van der Waals surface area contributed by atoms with E-state index in [1.54, 1.807) is 0 Å². The molecule has 0 saturated heterocycles. The van der Waals surface area contributed by atoms with Gasteiger partial charge in [0, 0.05) is 21.9 Å². The van der Waals surface area contributed by atoms with Crippen LogP contribution in [0, 0.1) is 13.8 Å². The van der Waals surface area contributed by atoms with Gasteiger partial charge in [0.15, 0.2) is 0 Å². The van der Waals surface area contributed by atoms with E-state index in [2.05, 4.69) is 208 Å². The number of hydrogen-bond acceptors (Lipinski definition) is 0. The van der Waals surface area contributed by atoms with Crippen molar-refractivity contribution < 1.29 is 0 Å². The van der Waals surface area contributed by atoms with Crippen LogP contribution in [0.5, 0.6) is 0 Å². The number of hydrogen-bond donors (Lipinski definition) is 0. The van der Waals surface area contributed by atoms with Crippen molar-refractivity contribution >= 4 is 21.8 Å². The third-order valence-corrected chi connectivity index (χ3v) is 11.9. The van der Waals surface area contributed by atoms with Gasteiger partial charge in [-0.3, -0.25) is 0 Å². The number of rotatable bonds is 5. The number of para-hydroxylation sites is 1. The highest BCUT2D eigenvalue weighted by Gasteiger charge is 2.36. The Morgan fingerprint density at radius 3 is 1.63 bits per heavy atom. The summed E-state index contributed by atoms with van der Waals surface area (Å²) in [5, 5.41) is 2.58. The number of aromatic nitrogens is 1. The summed E-state index contributed by atoms with van der Waals surface area (Å²) in [6.07, 6.45) is 0. The summed E-state index contributed by atoms with van der Waals surface area (Å²) in [6, 6.07) is 65.2. The first-order valence-electron chi connectivity index (χ1n) is 19.0. The quantitative estimate of drug-likeness (QED) is 0.169. The lowest BCUT2D eigenvalue weighted by atomic mass is 9.82. The van der Waals surface area contributed by atoms with Crippen LogP contribution in [0.15, 0.2) is 176 Å². The molecular weight excluding hydrogens is 651 g/mol. The Balaban J connectivity index is 1.14. The summed E-state index contributed by atoms with van der Waals surface area (Å²) in [4.78, 5) is 0. The van der Waals surface area contributed by atoms with Gasteiger partial charge in [0.1, 0.15) is 0 Å². The molecule has 1 heteroatoms. The summed E-state index contributed by atoms with van der Waals surface area (Å²) in [5.74, 6) is 0. The molecule has 0 fully saturated rings. The van der Waals surface area contributed by atoms with Crippen LogP contribution in [-0.2, 0) is 5.41 Å². The van der Waals surface area contributed by atoms with Crippen LogP contribution in [0.25, 0.3) is 83.1 Å². The van der Waals surface area contributed by atoms with Crippen molar-refractivity contribution in [2.45, 2.75) is 33.1 Å². The van der Waals surface area contributed by atoms with Gasteiger partial charge >= 0.3 is 0 Å². The Hall–Kier alpha value is -6.44. The van der Waals surface area contributed by atoms with Gasteiger partial charge in [-0.25, -0.2) is 0 Å². The molecule has 54 heavy (non-hydrogen) atoms. The van der Waals surface area contributed by atoms with E-state index in [1.165, 1.54) is 105 Å². The molecule has 0 N–H and O–H groups in total. The lowest BCUT2D eigenvalue weighted by Gasteiger charge is -2.22. The topological polar surface area (TPSA) is 4.93 Å². The van der Waals surface area contributed by atoms with Crippen molar-refractivity contribution in [1.82, 2.24) is 4.57 Å². The van der Waals surface area contributed by atoms with Crippen LogP contribution in [0.2, 0.25) is 0 Å². The predicted octanol–water partition coefficient (Wildman–Crippen LogP) is 14.4. The molecule has 1 aliphatic rings. The maximum absolute atomic E-state index is 2.49. The van der Waals surface area contributed by atoms with E-state index in [0.717, 1.165) is 0 Å². The van der Waals surface area contributed by atoms with E-state index in [-0.39, 0.29) is 5.41 Å². The molecule has 0 spiro atoms. The van der Waals surface area contributed by atoms with Crippen molar-refractivity contribution in [2.24, 2.45) is 0 Å². The summed E-state index contributed by atoms with van der Waals surface area (Å²) in [6.45, 7) is 9.22. The van der Waals surface area contributed by atoms with E-state index < -0.39 is 0 Å². The second-order valence-electron chi connectivity index (χ2n) is 15.5. The third kappa shape index (κ3) is 5.07. The molecule has 0 aliphatic heterocycles. The third-order valence-electron chi connectivity index (χ3n) is 11.9. The van der Waals surface area contributed by atoms with Gasteiger partial charge in [-0.05, 0) is 146 Å². The molecule has 10 rings (SSSR count). The Morgan fingerprint density at radius 1 is 0.352 bits per heavy atom. The van der Waals surface area contributed by atoms with Gasteiger partial charge < -0.3 is 4.57 Å². The van der Waals surface area contributed by atoms with Crippen molar-refractivity contribution in [1.29, 1.82) is 0 Å². The van der Waals surface area contributed by atoms with E-state index in [4.69, 9.17) is 0 Å². The summed E-state index contributed by atoms with van der Waals surface area (Å²) < 4.78 is 2.49. The van der Waals surface area contributed by atoms with Crippen molar-refractivity contribution in [3.63, 3.8) is 0 Å². The lowest BCUT2D eigenvalue weighted by Crippen LogP contribution is -2.14. The fraction of sp³-hybridized carbons (Fsp3) is 0.0943. The standard InChI is InChI=1S/C53H41N/c1-34-23-25-38(41-28-39(36-15-7-5-8-16-36)27-40(29-41)37-17-9-6-10-18-37)30-45(34)46-31-42(26-24-35(46)2)54-51-22-14-12-20-44(51)48-32-47-43-19-11-13-21-49(43)53(3,4)50(47)33-52(48)54/h5-33H,1-4H3. The lowest BCUT2D eigenvalue weighted by molar-refractivity contribution is 0.661. The van der Waals surface area contributed by atoms with Gasteiger partial charge in [-0.15, -0.1) is 0 Å². The molecule has 1 aromatic heterocycles. The van der Waals surface area contributed by atoms with E-state index in [0.29, 0.717) is 0 Å². The van der Waals surface area contributed by atoms with Crippen molar-refractivity contribution in [2.75, 3.05) is 0 Å². The zero-order valence-electron chi connectivity index (χ0n) is 31.2. The molecule has 1 heterocycles. The Labute approximate surface area is 317 Å². The van der Waals surface area contributed by atoms with Gasteiger partial charge in [0.2, 0.25) is 0 Å². The zero-order valence-corrected chi connectivity index (χ0v) is 31.2. The Morgan fingerprint density at radius 2 is 0.926 bits per heavy atom. The highest BCUT2D eigenvalue weighted by Crippen LogP contribution is 2.51. The molecule has 9 aromatic rings. The smallest absolute Gasteiger partial charge is 0.0544 e. The zero-order chi connectivity index (χ0) is 36.6. The fourth-order valence-electron chi connectivity index (χ4n) is 8.96. The monoisotopic (exact) mass is 691 g/mol. The highest BCUT2D eigenvalue weighted by molar-refractivity contribution is 6.11. The minimum atomic E-state index is -0.0738. The second-order valence-corrected chi connectivity index (χ2v) is 15.5. The molecule has 0 bridgehead atoms. The molecular formula is C53H41N. The summed E-state index contributed by atoms with van der Waals surface area (Å²) >= 11 is 0. The van der Waals surface area contributed by atoms with Gasteiger partial charge in [-0.2, -0.15) is 0 Å². The number of fused-ring (bicyclic) bond motifs is 6. The van der Waals surface area contributed by atoms with Gasteiger partial charge in [0.05, 0.1) is 11.0 Å². The Bertz CT molecular complexity index is 2850. The molecule has 0 unspecified atom stereocenters. The molecule has 0 amide bonds. The van der Waals surface area contributed by atoms with E-state index in [9.17, 15) is 0 Å². The highest BCUT2D eigenvalue weighted by atomic mass is 15.0. The SMILES string of the molecule is Cc1ccc(-c2cc(-c3ccccc3)cc(-c3ccccc3)c2)cc1-c1cc(-n2c3ccccc3c3cc4c(cc32)C(C)(C)c2ccccc2-4)ccc1C. The van der Waals surface area contributed by atoms with E-state index in [1.807, 2.05) is 0 Å². The Kier molecular flexibility index (Phi) is 7.35. The number of nitrogens with zero attached hydrogens (tertiary/aromatic N) is 1. The number of benzene rings is 8.